The van der Waals surface area contributed by atoms with Crippen LogP contribution in [0.25, 0.3) is 0 Å². The van der Waals surface area contributed by atoms with Crippen LogP contribution >= 0.6 is 11.6 Å². The van der Waals surface area contributed by atoms with Crippen molar-refractivity contribution in [3.8, 4) is 17.5 Å². The first-order valence-corrected chi connectivity index (χ1v) is 9.76. The summed E-state index contributed by atoms with van der Waals surface area (Å²) in [7, 11) is 1.64. The second kappa shape index (κ2) is 7.35. The Balaban J connectivity index is 1.66. The number of halogens is 1. The highest BCUT2D eigenvalue weighted by Gasteiger charge is 2.36. The Labute approximate surface area is 178 Å². The predicted molar refractivity (Wildman–Crippen MR) is 114 cm³/mol. The smallest absolute Gasteiger partial charge is 0.244 e. The van der Waals surface area contributed by atoms with E-state index in [0.29, 0.717) is 22.6 Å². The topological polar surface area (TPSA) is 85.0 Å². The molecule has 0 saturated heterocycles. The van der Waals surface area contributed by atoms with Crippen LogP contribution in [0.1, 0.15) is 28.3 Å². The standard InChI is InChI=1S/C22H18ClN5O2/c1-12-17-18(13-4-3-5-14(23)10-13)19-20(26-15-6-8-16(29-2)9-7-15)24-11-25-21(19)30-22(17)28-27-12/h3-11,18H,1-2H3,(H,27,28)(H,24,25,26). The van der Waals surface area contributed by atoms with Gasteiger partial charge in [0.25, 0.3) is 0 Å². The lowest BCUT2D eigenvalue weighted by molar-refractivity contribution is 0.414. The SMILES string of the molecule is COc1ccc(Nc2ncnc3c2C(c2cccc(Cl)c2)c2c(n[nH]c2C)O3)cc1. The van der Waals surface area contributed by atoms with Crippen LogP contribution in [0.15, 0.2) is 54.9 Å². The van der Waals surface area contributed by atoms with Crippen LogP contribution in [0, 0.1) is 6.92 Å². The van der Waals surface area contributed by atoms with Gasteiger partial charge in [0.05, 0.1) is 18.6 Å². The summed E-state index contributed by atoms with van der Waals surface area (Å²) in [4.78, 5) is 8.89. The highest BCUT2D eigenvalue weighted by atomic mass is 35.5. The monoisotopic (exact) mass is 419 g/mol. The molecular weight excluding hydrogens is 402 g/mol. The second-order valence-corrected chi connectivity index (χ2v) is 7.39. The first-order valence-electron chi connectivity index (χ1n) is 9.38. The summed E-state index contributed by atoms with van der Waals surface area (Å²) in [6, 6.07) is 15.4. The van der Waals surface area contributed by atoms with Crippen LogP contribution in [0.4, 0.5) is 11.5 Å². The molecule has 0 fully saturated rings. The minimum Gasteiger partial charge on any atom is -0.497 e. The summed E-state index contributed by atoms with van der Waals surface area (Å²) in [6.45, 7) is 1.97. The number of methoxy groups -OCH3 is 1. The molecule has 0 aliphatic carbocycles. The highest BCUT2D eigenvalue weighted by molar-refractivity contribution is 6.30. The number of aromatic amines is 1. The first kappa shape index (κ1) is 18.4. The van der Waals surface area contributed by atoms with E-state index >= 15 is 0 Å². The number of aryl methyl sites for hydroxylation is 1. The number of aromatic nitrogens is 4. The maximum absolute atomic E-state index is 6.32. The number of nitrogens with one attached hydrogen (secondary N) is 2. The molecule has 2 N–H and O–H groups in total. The van der Waals surface area contributed by atoms with E-state index < -0.39 is 0 Å². The van der Waals surface area contributed by atoms with Crippen molar-refractivity contribution < 1.29 is 9.47 Å². The maximum atomic E-state index is 6.32. The zero-order valence-electron chi connectivity index (χ0n) is 16.3. The number of ether oxygens (including phenoxy) is 2. The first-order chi connectivity index (χ1) is 14.6. The molecule has 1 aliphatic rings. The maximum Gasteiger partial charge on any atom is 0.244 e. The molecule has 3 heterocycles. The van der Waals surface area contributed by atoms with Crippen molar-refractivity contribution in [1.29, 1.82) is 0 Å². The summed E-state index contributed by atoms with van der Waals surface area (Å²) in [5, 5.41) is 11.4. The van der Waals surface area contributed by atoms with Crippen molar-refractivity contribution in [3.63, 3.8) is 0 Å². The molecule has 1 atom stereocenters. The van der Waals surface area contributed by atoms with Crippen molar-refractivity contribution in [3.05, 3.63) is 82.3 Å². The molecule has 0 bridgehead atoms. The van der Waals surface area contributed by atoms with Crippen molar-refractivity contribution >= 4 is 23.1 Å². The molecule has 1 aliphatic heterocycles. The van der Waals surface area contributed by atoms with Gasteiger partial charge in [-0.25, -0.2) is 9.97 Å². The van der Waals surface area contributed by atoms with Crippen molar-refractivity contribution in [2.24, 2.45) is 0 Å². The van der Waals surface area contributed by atoms with Gasteiger partial charge in [0, 0.05) is 22.0 Å². The fraction of sp³-hybridized carbons (Fsp3) is 0.136. The number of hydrogen-bond acceptors (Lipinski definition) is 6. The van der Waals surface area contributed by atoms with Crippen LogP contribution in [0.3, 0.4) is 0 Å². The van der Waals surface area contributed by atoms with Gasteiger partial charge in [-0.3, -0.25) is 5.10 Å². The quantitative estimate of drug-likeness (QED) is 0.416. The molecule has 2 aromatic carbocycles. The van der Waals surface area contributed by atoms with E-state index in [-0.39, 0.29) is 5.92 Å². The van der Waals surface area contributed by atoms with Crippen molar-refractivity contribution in [1.82, 2.24) is 20.2 Å². The number of benzene rings is 2. The van der Waals surface area contributed by atoms with Crippen LogP contribution in [-0.4, -0.2) is 27.3 Å². The van der Waals surface area contributed by atoms with Gasteiger partial charge in [0.15, 0.2) is 0 Å². The molecule has 0 saturated carbocycles. The summed E-state index contributed by atoms with van der Waals surface area (Å²) >= 11 is 6.32. The summed E-state index contributed by atoms with van der Waals surface area (Å²) in [5.41, 5.74) is 4.56. The van der Waals surface area contributed by atoms with Gasteiger partial charge >= 0.3 is 0 Å². The van der Waals surface area contributed by atoms with E-state index in [2.05, 4.69) is 25.5 Å². The Kier molecular flexibility index (Phi) is 4.52. The fourth-order valence-corrected chi connectivity index (χ4v) is 3.92. The molecular formula is C22H18ClN5O2. The third-order valence-corrected chi connectivity index (χ3v) is 5.35. The van der Waals surface area contributed by atoms with Crippen molar-refractivity contribution in [2.45, 2.75) is 12.8 Å². The Hall–Kier alpha value is -3.58. The van der Waals surface area contributed by atoms with Crippen LogP contribution in [0.2, 0.25) is 5.02 Å². The number of anilines is 2. The van der Waals surface area contributed by atoms with E-state index in [9.17, 15) is 0 Å². The van der Waals surface area contributed by atoms with Gasteiger partial charge in [-0.05, 0) is 48.9 Å². The molecule has 0 radical (unpaired) electrons. The Morgan fingerprint density at radius 2 is 1.90 bits per heavy atom. The molecule has 30 heavy (non-hydrogen) atoms. The number of rotatable bonds is 4. The third kappa shape index (κ3) is 3.13. The normalized spacial score (nSPS) is 14.4. The molecule has 2 aromatic heterocycles. The van der Waals surface area contributed by atoms with Crippen LogP contribution in [0.5, 0.6) is 17.5 Å². The van der Waals surface area contributed by atoms with Gasteiger partial charge in [-0.2, -0.15) is 0 Å². The molecule has 1 unspecified atom stereocenters. The van der Waals surface area contributed by atoms with Crippen molar-refractivity contribution in [2.75, 3.05) is 12.4 Å². The van der Waals surface area contributed by atoms with Gasteiger partial charge in [-0.1, -0.05) is 23.7 Å². The van der Waals surface area contributed by atoms with E-state index in [0.717, 1.165) is 33.8 Å². The fourth-order valence-electron chi connectivity index (χ4n) is 3.72. The largest absolute Gasteiger partial charge is 0.497 e. The van der Waals surface area contributed by atoms with E-state index in [1.54, 1.807) is 7.11 Å². The molecule has 7 nitrogen and oxygen atoms in total. The highest BCUT2D eigenvalue weighted by Crippen LogP contribution is 2.49. The van der Waals surface area contributed by atoms with E-state index in [4.69, 9.17) is 21.1 Å². The average Bonchev–Trinajstić information content (AvgIpc) is 3.13. The number of fused-ring (bicyclic) bond motifs is 2. The summed E-state index contributed by atoms with van der Waals surface area (Å²) in [6.07, 6.45) is 1.48. The van der Waals surface area contributed by atoms with Crippen LogP contribution < -0.4 is 14.8 Å². The van der Waals surface area contributed by atoms with Gasteiger partial charge in [0.1, 0.15) is 17.9 Å². The lowest BCUT2D eigenvalue weighted by Gasteiger charge is -2.27. The molecule has 4 aromatic rings. The van der Waals surface area contributed by atoms with E-state index in [1.165, 1.54) is 6.33 Å². The zero-order valence-corrected chi connectivity index (χ0v) is 17.1. The van der Waals surface area contributed by atoms with Gasteiger partial charge < -0.3 is 14.8 Å². The molecule has 150 valence electrons. The Morgan fingerprint density at radius 3 is 2.67 bits per heavy atom. The van der Waals surface area contributed by atoms with Crippen LogP contribution in [-0.2, 0) is 0 Å². The molecule has 0 spiro atoms. The van der Waals surface area contributed by atoms with Gasteiger partial charge in [0.2, 0.25) is 11.8 Å². The van der Waals surface area contributed by atoms with Gasteiger partial charge in [-0.15, -0.1) is 5.10 Å². The average molecular weight is 420 g/mol. The lowest BCUT2D eigenvalue weighted by atomic mass is 9.84. The molecule has 5 rings (SSSR count). The number of H-pyrrole nitrogens is 1. The summed E-state index contributed by atoms with van der Waals surface area (Å²) < 4.78 is 11.3. The number of nitrogens with zero attached hydrogens (tertiary/aromatic N) is 3. The third-order valence-electron chi connectivity index (χ3n) is 5.11. The molecule has 8 heteroatoms. The number of hydrogen-bond donors (Lipinski definition) is 2. The zero-order chi connectivity index (χ0) is 20.7. The lowest BCUT2D eigenvalue weighted by Crippen LogP contribution is -2.16. The Morgan fingerprint density at radius 1 is 1.07 bits per heavy atom. The summed E-state index contributed by atoms with van der Waals surface area (Å²) in [5.74, 6) is 2.22. The van der Waals surface area contributed by atoms with E-state index in [1.807, 2.05) is 55.5 Å². The second-order valence-electron chi connectivity index (χ2n) is 6.95. The molecule has 0 amide bonds. The minimum atomic E-state index is -0.192. The predicted octanol–water partition coefficient (Wildman–Crippen LogP) is 5.20. The minimum absolute atomic E-state index is 0.192. The Bertz CT molecular complexity index is 1220.